The fourth-order valence-electron chi connectivity index (χ4n) is 3.48. The van der Waals surface area contributed by atoms with E-state index < -0.39 is 6.36 Å². The predicted octanol–water partition coefficient (Wildman–Crippen LogP) is 4.04. The molecule has 0 aliphatic carbocycles. The van der Waals surface area contributed by atoms with E-state index in [0.717, 1.165) is 26.1 Å². The highest BCUT2D eigenvalue weighted by atomic mass is 32.2. The van der Waals surface area contributed by atoms with Crippen LogP contribution in [0, 0.1) is 0 Å². The molecule has 0 N–H and O–H groups in total. The summed E-state index contributed by atoms with van der Waals surface area (Å²) < 4.78 is 41.3. The average molecular weight is 388 g/mol. The van der Waals surface area contributed by atoms with Crippen LogP contribution in [0.15, 0.2) is 24.3 Å². The third-order valence-electron chi connectivity index (χ3n) is 4.67. The summed E-state index contributed by atoms with van der Waals surface area (Å²) in [5.41, 5.74) is 0.667. The number of hydrogen-bond donors (Lipinski definition) is 0. The zero-order valence-corrected chi connectivity index (χ0v) is 15.3. The van der Waals surface area contributed by atoms with Gasteiger partial charge in [-0.1, -0.05) is 18.6 Å². The fraction of sp³-hybridized carbons (Fsp3) is 0.611. The second kappa shape index (κ2) is 8.52. The maximum absolute atomic E-state index is 12.4. The van der Waals surface area contributed by atoms with Crippen LogP contribution < -0.4 is 4.74 Å². The Morgan fingerprint density at radius 2 is 1.92 bits per heavy atom. The molecule has 8 heteroatoms. The van der Waals surface area contributed by atoms with Gasteiger partial charge in [-0.2, -0.15) is 0 Å². The first kappa shape index (κ1) is 19.4. The highest BCUT2D eigenvalue weighted by molar-refractivity contribution is 8.00. The molecule has 26 heavy (non-hydrogen) atoms. The van der Waals surface area contributed by atoms with Gasteiger partial charge in [-0.15, -0.1) is 24.9 Å². The van der Waals surface area contributed by atoms with Crippen LogP contribution in [0.4, 0.5) is 13.2 Å². The van der Waals surface area contributed by atoms with Crippen LogP contribution in [0.3, 0.4) is 0 Å². The molecule has 1 amide bonds. The Balaban J connectivity index is 1.60. The molecule has 2 aliphatic rings. The van der Waals surface area contributed by atoms with Gasteiger partial charge >= 0.3 is 6.36 Å². The van der Waals surface area contributed by atoms with Crippen LogP contribution in [-0.4, -0.2) is 54.0 Å². The lowest BCUT2D eigenvalue weighted by Crippen LogP contribution is -2.34. The molecular weight excluding hydrogens is 365 g/mol. The van der Waals surface area contributed by atoms with Crippen molar-refractivity contribution in [2.45, 2.75) is 37.4 Å². The molecule has 2 fully saturated rings. The van der Waals surface area contributed by atoms with Crippen molar-refractivity contribution >= 4 is 17.7 Å². The molecule has 0 saturated carbocycles. The van der Waals surface area contributed by atoms with Gasteiger partial charge in [-0.25, -0.2) is 0 Å². The van der Waals surface area contributed by atoms with E-state index in [1.807, 2.05) is 0 Å². The van der Waals surface area contributed by atoms with Gasteiger partial charge in [0.25, 0.3) is 0 Å². The Bertz CT molecular complexity index is 621. The van der Waals surface area contributed by atoms with E-state index in [1.54, 1.807) is 11.0 Å². The zero-order valence-electron chi connectivity index (χ0n) is 14.5. The second-order valence-corrected chi connectivity index (χ2v) is 7.70. The number of nitrogens with zero attached hydrogens (tertiary/aromatic N) is 2. The van der Waals surface area contributed by atoms with Crippen molar-refractivity contribution < 1.29 is 22.7 Å². The number of thioether (sulfide) groups is 1. The van der Waals surface area contributed by atoms with Crippen molar-refractivity contribution in [3.05, 3.63) is 29.8 Å². The fourth-order valence-corrected chi connectivity index (χ4v) is 4.69. The monoisotopic (exact) mass is 388 g/mol. The Labute approximate surface area is 155 Å². The number of hydrogen-bond acceptors (Lipinski definition) is 4. The lowest BCUT2D eigenvalue weighted by molar-refractivity contribution is -0.274. The Morgan fingerprint density at radius 1 is 1.15 bits per heavy atom. The number of piperidine rings is 1. The minimum atomic E-state index is -4.72. The van der Waals surface area contributed by atoms with Crippen molar-refractivity contribution in [3.63, 3.8) is 0 Å². The summed E-state index contributed by atoms with van der Waals surface area (Å²) in [6.07, 6.45) is -0.0939. The summed E-state index contributed by atoms with van der Waals surface area (Å²) in [5.74, 6) is 0.155. The molecule has 3 rings (SSSR count). The van der Waals surface area contributed by atoms with Crippen LogP contribution in [0.25, 0.3) is 0 Å². The quantitative estimate of drug-likeness (QED) is 0.737. The molecule has 4 nitrogen and oxygen atoms in total. The Morgan fingerprint density at radius 3 is 2.65 bits per heavy atom. The Hall–Kier alpha value is -1.41. The third-order valence-corrected chi connectivity index (χ3v) is 5.92. The first-order valence-corrected chi connectivity index (χ1v) is 9.96. The van der Waals surface area contributed by atoms with Crippen LogP contribution in [-0.2, 0) is 4.79 Å². The first-order valence-electron chi connectivity index (χ1n) is 8.91. The molecule has 1 unspecified atom stereocenters. The van der Waals surface area contributed by atoms with Crippen molar-refractivity contribution in [1.82, 2.24) is 9.80 Å². The summed E-state index contributed by atoms with van der Waals surface area (Å²) in [6.45, 7) is 3.81. The topological polar surface area (TPSA) is 32.8 Å². The average Bonchev–Trinajstić information content (AvgIpc) is 2.96. The van der Waals surface area contributed by atoms with Crippen molar-refractivity contribution in [3.8, 4) is 5.75 Å². The van der Waals surface area contributed by atoms with Crippen LogP contribution in [0.2, 0.25) is 0 Å². The number of carbonyl (C=O) groups is 1. The molecule has 1 aromatic rings. The Kier molecular flexibility index (Phi) is 6.34. The smallest absolute Gasteiger partial charge is 0.406 e. The summed E-state index contributed by atoms with van der Waals surface area (Å²) in [6, 6.07) is 5.93. The van der Waals surface area contributed by atoms with Gasteiger partial charge in [-0.05, 0) is 56.6 Å². The van der Waals surface area contributed by atoms with Crippen LogP contribution in [0.5, 0.6) is 5.75 Å². The number of carbonyl (C=O) groups excluding carboxylic acids is 1. The summed E-state index contributed by atoms with van der Waals surface area (Å²) in [4.78, 5) is 16.4. The van der Waals surface area contributed by atoms with E-state index in [0.29, 0.717) is 17.9 Å². The molecule has 1 aromatic carbocycles. The van der Waals surface area contributed by atoms with Crippen LogP contribution in [0.1, 0.15) is 36.6 Å². The predicted molar refractivity (Wildman–Crippen MR) is 94.9 cm³/mol. The summed E-state index contributed by atoms with van der Waals surface area (Å²) in [5, 5.41) is -0.249. The normalized spacial score (nSPS) is 22.0. The van der Waals surface area contributed by atoms with E-state index in [1.165, 1.54) is 49.2 Å². The lowest BCUT2D eigenvalue weighted by atomic mass is 10.1. The molecule has 2 heterocycles. The highest BCUT2D eigenvalue weighted by Gasteiger charge is 2.34. The molecule has 1 atom stereocenters. The number of halogens is 3. The maximum atomic E-state index is 12.4. The lowest BCUT2D eigenvalue weighted by Gasteiger charge is -2.29. The van der Waals surface area contributed by atoms with Gasteiger partial charge in [0.05, 0.1) is 5.75 Å². The third kappa shape index (κ3) is 5.30. The van der Waals surface area contributed by atoms with Gasteiger partial charge in [0.1, 0.15) is 11.1 Å². The minimum Gasteiger partial charge on any atom is -0.406 e. The SMILES string of the molecule is O=C1CSC(c2cccc(OC(F)(F)F)c2)N1CCCN1CCCCC1. The number of alkyl halides is 3. The van der Waals surface area contributed by atoms with Gasteiger partial charge in [0, 0.05) is 6.54 Å². The molecule has 2 aliphatic heterocycles. The van der Waals surface area contributed by atoms with Crippen LogP contribution >= 0.6 is 11.8 Å². The van der Waals surface area contributed by atoms with Gasteiger partial charge in [0.2, 0.25) is 5.91 Å². The van der Waals surface area contributed by atoms with Crippen molar-refractivity contribution in [2.75, 3.05) is 31.9 Å². The van der Waals surface area contributed by atoms with E-state index in [9.17, 15) is 18.0 Å². The minimum absolute atomic E-state index is 0.0424. The maximum Gasteiger partial charge on any atom is 0.573 e. The number of rotatable bonds is 6. The molecule has 0 aromatic heterocycles. The molecule has 0 bridgehead atoms. The van der Waals surface area contributed by atoms with E-state index in [-0.39, 0.29) is 17.0 Å². The number of ether oxygens (including phenoxy) is 1. The molecule has 2 saturated heterocycles. The second-order valence-electron chi connectivity index (χ2n) is 6.63. The number of amides is 1. The van der Waals surface area contributed by atoms with E-state index in [2.05, 4.69) is 9.64 Å². The molecular formula is C18H23F3N2O2S. The molecule has 144 valence electrons. The number of likely N-dealkylation sites (tertiary alicyclic amines) is 1. The summed E-state index contributed by atoms with van der Waals surface area (Å²) in [7, 11) is 0. The van der Waals surface area contributed by atoms with E-state index >= 15 is 0 Å². The van der Waals surface area contributed by atoms with Gasteiger partial charge < -0.3 is 14.5 Å². The van der Waals surface area contributed by atoms with Crippen molar-refractivity contribution in [1.29, 1.82) is 0 Å². The molecule has 0 spiro atoms. The summed E-state index contributed by atoms with van der Waals surface area (Å²) >= 11 is 1.45. The highest BCUT2D eigenvalue weighted by Crippen LogP contribution is 2.40. The van der Waals surface area contributed by atoms with Gasteiger partial charge in [0.15, 0.2) is 0 Å². The number of benzene rings is 1. The zero-order chi connectivity index (χ0) is 18.6. The molecule has 0 radical (unpaired) electrons. The van der Waals surface area contributed by atoms with Gasteiger partial charge in [-0.3, -0.25) is 4.79 Å². The standard InChI is InChI=1S/C18H23F3N2O2S/c19-18(20,21)25-15-7-4-6-14(12-15)17-23(16(24)13-26-17)11-5-10-22-8-2-1-3-9-22/h4,6-7,12,17H,1-3,5,8-11,13H2. The van der Waals surface area contributed by atoms with E-state index in [4.69, 9.17) is 0 Å². The van der Waals surface area contributed by atoms with Crippen molar-refractivity contribution in [2.24, 2.45) is 0 Å². The largest absolute Gasteiger partial charge is 0.573 e. The first-order chi connectivity index (χ1) is 12.4.